The van der Waals surface area contributed by atoms with Crippen molar-refractivity contribution in [3.8, 4) is 0 Å². The number of hydrogen-bond donors (Lipinski definition) is 0. The van der Waals surface area contributed by atoms with Crippen molar-refractivity contribution in [1.82, 2.24) is 9.88 Å². The molecule has 0 aliphatic carbocycles. The summed E-state index contributed by atoms with van der Waals surface area (Å²) in [6, 6.07) is 3.61. The highest BCUT2D eigenvalue weighted by Gasteiger charge is 2.32. The van der Waals surface area contributed by atoms with Crippen LogP contribution in [-0.4, -0.2) is 39.7 Å². The topological polar surface area (TPSA) is 59.5 Å². The zero-order valence-corrected chi connectivity index (χ0v) is 12.4. The van der Waals surface area contributed by atoms with Crippen LogP contribution in [0.5, 0.6) is 0 Å². The number of aromatic nitrogens is 1. The first-order valence-electron chi connectivity index (χ1n) is 5.84. The molecule has 1 aromatic rings. The molecule has 1 aliphatic heterocycles. The van der Waals surface area contributed by atoms with Crippen molar-refractivity contribution in [3.05, 3.63) is 35.0 Å². The molecule has 0 spiro atoms. The Morgan fingerprint density at radius 1 is 1.50 bits per heavy atom. The third kappa shape index (κ3) is 3.43. The van der Waals surface area contributed by atoms with Crippen LogP contribution in [0.4, 0.5) is 0 Å². The van der Waals surface area contributed by atoms with Gasteiger partial charge in [0.15, 0.2) is 0 Å². The first kappa shape index (κ1) is 14.7. The highest BCUT2D eigenvalue weighted by Crippen LogP contribution is 2.32. The van der Waals surface area contributed by atoms with Crippen LogP contribution in [0.1, 0.15) is 12.0 Å². The molecule has 0 unspecified atom stereocenters. The number of nitrogens with zero attached hydrogens (tertiary/aromatic N) is 2. The van der Waals surface area contributed by atoms with Gasteiger partial charge in [0.05, 0.1) is 18.4 Å². The van der Waals surface area contributed by atoms with E-state index in [1.807, 2.05) is 0 Å². The molecule has 0 atom stereocenters. The molecule has 0 aromatic carbocycles. The van der Waals surface area contributed by atoms with Crippen LogP contribution in [-0.2, 0) is 14.3 Å². The fourth-order valence-electron chi connectivity index (χ4n) is 1.61. The average molecular weight is 308 g/mol. The third-order valence-corrected chi connectivity index (χ3v) is 4.02. The maximum atomic E-state index is 12.2. The van der Waals surface area contributed by atoms with Gasteiger partial charge in [-0.1, -0.05) is 24.0 Å². The number of methoxy groups -OCH3 is 1. The Hall–Kier alpha value is -1.73. The van der Waals surface area contributed by atoms with Crippen molar-refractivity contribution in [1.29, 1.82) is 0 Å². The average Bonchev–Trinajstić information content (AvgIpc) is 2.72. The minimum atomic E-state index is -0.364. The summed E-state index contributed by atoms with van der Waals surface area (Å²) < 4.78 is 5.01. The SMILES string of the molecule is COC(=O)CCN1C(=O)/C(=C\c2ccncc2)SC1=S. The highest BCUT2D eigenvalue weighted by molar-refractivity contribution is 8.26. The molecule has 1 saturated heterocycles. The Balaban J connectivity index is 2.09. The van der Waals surface area contributed by atoms with Crippen LogP contribution in [0.25, 0.3) is 6.08 Å². The zero-order valence-electron chi connectivity index (χ0n) is 10.7. The van der Waals surface area contributed by atoms with Crippen LogP contribution >= 0.6 is 24.0 Å². The zero-order chi connectivity index (χ0) is 14.5. The minimum Gasteiger partial charge on any atom is -0.469 e. The number of thiocarbonyl (C=S) groups is 1. The molecular weight excluding hydrogens is 296 g/mol. The summed E-state index contributed by atoms with van der Waals surface area (Å²) in [7, 11) is 1.32. The maximum absolute atomic E-state index is 12.2. The molecule has 5 nitrogen and oxygen atoms in total. The van der Waals surface area contributed by atoms with E-state index in [9.17, 15) is 9.59 Å². The van der Waals surface area contributed by atoms with Gasteiger partial charge in [0.2, 0.25) is 0 Å². The Labute approximate surface area is 126 Å². The maximum Gasteiger partial charge on any atom is 0.307 e. The smallest absolute Gasteiger partial charge is 0.307 e. The van der Waals surface area contributed by atoms with Gasteiger partial charge in [0, 0.05) is 18.9 Å². The van der Waals surface area contributed by atoms with Gasteiger partial charge >= 0.3 is 5.97 Å². The Morgan fingerprint density at radius 2 is 2.20 bits per heavy atom. The number of pyridine rings is 1. The molecule has 0 N–H and O–H groups in total. The molecule has 1 amide bonds. The van der Waals surface area contributed by atoms with E-state index in [4.69, 9.17) is 12.2 Å². The summed E-state index contributed by atoms with van der Waals surface area (Å²) in [5, 5.41) is 0. The molecule has 2 rings (SSSR count). The second kappa shape index (κ2) is 6.62. The summed E-state index contributed by atoms with van der Waals surface area (Å²) in [6.07, 6.45) is 5.21. The minimum absolute atomic E-state index is 0.130. The van der Waals surface area contributed by atoms with E-state index in [0.29, 0.717) is 9.23 Å². The van der Waals surface area contributed by atoms with E-state index in [2.05, 4.69) is 9.72 Å². The fourth-order valence-corrected chi connectivity index (χ4v) is 2.92. The van der Waals surface area contributed by atoms with Crippen LogP contribution in [0, 0.1) is 0 Å². The number of amides is 1. The number of carbonyl (C=O) groups excluding carboxylic acids is 2. The van der Waals surface area contributed by atoms with Crippen LogP contribution in [0.2, 0.25) is 0 Å². The van der Waals surface area contributed by atoms with E-state index in [1.165, 1.54) is 23.8 Å². The monoisotopic (exact) mass is 308 g/mol. The number of thioether (sulfide) groups is 1. The summed E-state index contributed by atoms with van der Waals surface area (Å²) in [4.78, 5) is 29.2. The van der Waals surface area contributed by atoms with Gasteiger partial charge in [-0.3, -0.25) is 19.5 Å². The standard InChI is InChI=1S/C13H12N2O3S2/c1-18-11(16)4-7-15-12(17)10(20-13(15)19)8-9-2-5-14-6-3-9/h2-3,5-6,8H,4,7H2,1H3/b10-8+. The molecule has 0 saturated carbocycles. The highest BCUT2D eigenvalue weighted by atomic mass is 32.2. The van der Waals surface area contributed by atoms with Crippen LogP contribution < -0.4 is 0 Å². The number of esters is 1. The van der Waals surface area contributed by atoms with Crippen molar-refractivity contribution in [2.75, 3.05) is 13.7 Å². The molecule has 20 heavy (non-hydrogen) atoms. The number of ether oxygens (including phenoxy) is 1. The van der Waals surface area contributed by atoms with Crippen molar-refractivity contribution in [2.24, 2.45) is 0 Å². The Morgan fingerprint density at radius 3 is 2.85 bits per heavy atom. The lowest BCUT2D eigenvalue weighted by Crippen LogP contribution is -2.30. The van der Waals surface area contributed by atoms with Crippen molar-refractivity contribution in [2.45, 2.75) is 6.42 Å². The predicted molar refractivity (Wildman–Crippen MR) is 80.7 cm³/mol. The number of rotatable bonds is 4. The van der Waals surface area contributed by atoms with Gasteiger partial charge in [0.25, 0.3) is 5.91 Å². The molecular formula is C13H12N2O3S2. The molecule has 1 aliphatic rings. The number of carbonyl (C=O) groups is 2. The van der Waals surface area contributed by atoms with Gasteiger partial charge in [-0.15, -0.1) is 0 Å². The lowest BCUT2D eigenvalue weighted by molar-refractivity contribution is -0.140. The first-order chi connectivity index (χ1) is 9.61. The van der Waals surface area contributed by atoms with Gasteiger partial charge < -0.3 is 4.74 Å². The molecule has 2 heterocycles. The van der Waals surface area contributed by atoms with E-state index >= 15 is 0 Å². The van der Waals surface area contributed by atoms with Gasteiger partial charge in [0.1, 0.15) is 4.32 Å². The molecule has 1 aromatic heterocycles. The lowest BCUT2D eigenvalue weighted by Gasteiger charge is -2.12. The normalized spacial score (nSPS) is 16.9. The molecule has 104 valence electrons. The van der Waals surface area contributed by atoms with Crippen molar-refractivity contribution >= 4 is 46.3 Å². The van der Waals surface area contributed by atoms with E-state index in [0.717, 1.165) is 5.56 Å². The van der Waals surface area contributed by atoms with Gasteiger partial charge in [-0.05, 0) is 23.8 Å². The van der Waals surface area contributed by atoms with E-state index in [-0.39, 0.29) is 24.8 Å². The lowest BCUT2D eigenvalue weighted by atomic mass is 10.2. The van der Waals surface area contributed by atoms with Crippen molar-refractivity contribution in [3.63, 3.8) is 0 Å². The second-order valence-corrected chi connectivity index (χ2v) is 5.62. The van der Waals surface area contributed by atoms with E-state index < -0.39 is 0 Å². The van der Waals surface area contributed by atoms with Crippen LogP contribution in [0.15, 0.2) is 29.4 Å². The van der Waals surface area contributed by atoms with Gasteiger partial charge in [-0.2, -0.15) is 0 Å². The summed E-state index contributed by atoms with van der Waals surface area (Å²) >= 11 is 6.39. The largest absolute Gasteiger partial charge is 0.469 e. The Bertz CT molecular complexity index is 572. The number of hydrogen-bond acceptors (Lipinski definition) is 6. The van der Waals surface area contributed by atoms with E-state index in [1.54, 1.807) is 30.6 Å². The first-order valence-corrected chi connectivity index (χ1v) is 7.06. The second-order valence-electron chi connectivity index (χ2n) is 3.94. The molecule has 0 radical (unpaired) electrons. The third-order valence-electron chi connectivity index (χ3n) is 2.64. The predicted octanol–water partition coefficient (Wildman–Crippen LogP) is 1.85. The van der Waals surface area contributed by atoms with Crippen molar-refractivity contribution < 1.29 is 14.3 Å². The Kier molecular flexibility index (Phi) is 4.86. The molecule has 7 heteroatoms. The molecule has 0 bridgehead atoms. The molecule has 1 fully saturated rings. The fraction of sp³-hybridized carbons (Fsp3) is 0.231. The summed E-state index contributed by atoms with van der Waals surface area (Å²) in [5.41, 5.74) is 0.883. The summed E-state index contributed by atoms with van der Waals surface area (Å²) in [6.45, 7) is 0.241. The quantitative estimate of drug-likeness (QED) is 0.480. The summed E-state index contributed by atoms with van der Waals surface area (Å²) in [5.74, 6) is -0.544. The van der Waals surface area contributed by atoms with Gasteiger partial charge in [-0.25, -0.2) is 0 Å². The van der Waals surface area contributed by atoms with Crippen LogP contribution in [0.3, 0.4) is 0 Å².